The molecule has 1 amide bonds. The Hall–Kier alpha value is -1.15. The summed E-state index contributed by atoms with van der Waals surface area (Å²) in [4.78, 5) is 11.4. The fourth-order valence-corrected chi connectivity index (χ4v) is 2.00. The number of hydrogen-bond acceptors (Lipinski definition) is 3. The van der Waals surface area contributed by atoms with Crippen LogP contribution in [0.3, 0.4) is 0 Å². The quantitative estimate of drug-likeness (QED) is 0.408. The molecule has 1 saturated heterocycles. The molecule has 0 radical (unpaired) electrons. The van der Waals surface area contributed by atoms with Crippen LogP contribution < -0.4 is 10.6 Å². The van der Waals surface area contributed by atoms with Crippen LogP contribution in [0.4, 0.5) is 0 Å². The maximum Gasteiger partial charge on any atom is 0.273 e. The monoisotopic (exact) mass is 346 g/mol. The van der Waals surface area contributed by atoms with Gasteiger partial charge in [-0.3, -0.25) is 10.1 Å². The standard InChI is InChI=1S/C10H7IN2O2S/c11-6-1-2-8(14)5(3-6)4-7-9(15)13-10(16)12-7/h1-4,14H,(H2,12,13,15,16)/b7-4+. The van der Waals surface area contributed by atoms with E-state index in [1.807, 2.05) is 0 Å². The van der Waals surface area contributed by atoms with Gasteiger partial charge in [-0.05, 0) is 59.1 Å². The van der Waals surface area contributed by atoms with Crippen molar-refractivity contribution in [2.24, 2.45) is 0 Å². The Kier molecular flexibility index (Phi) is 3.10. The van der Waals surface area contributed by atoms with E-state index >= 15 is 0 Å². The molecule has 6 heteroatoms. The van der Waals surface area contributed by atoms with E-state index in [1.165, 1.54) is 0 Å². The Morgan fingerprint density at radius 1 is 1.38 bits per heavy atom. The first-order valence-corrected chi connectivity index (χ1v) is 5.87. The van der Waals surface area contributed by atoms with Gasteiger partial charge in [-0.15, -0.1) is 0 Å². The lowest BCUT2D eigenvalue weighted by Gasteiger charge is -2.01. The van der Waals surface area contributed by atoms with Crippen molar-refractivity contribution in [1.82, 2.24) is 10.6 Å². The van der Waals surface area contributed by atoms with Crippen LogP contribution >= 0.6 is 34.8 Å². The number of aromatic hydroxyl groups is 1. The highest BCUT2D eigenvalue weighted by molar-refractivity contribution is 14.1. The smallest absolute Gasteiger partial charge is 0.273 e. The highest BCUT2D eigenvalue weighted by Crippen LogP contribution is 2.22. The second-order valence-electron chi connectivity index (χ2n) is 3.17. The van der Waals surface area contributed by atoms with Crippen LogP contribution in [0.15, 0.2) is 23.9 Å². The molecule has 0 atom stereocenters. The van der Waals surface area contributed by atoms with E-state index in [9.17, 15) is 9.90 Å². The predicted octanol–water partition coefficient (Wildman–Crippen LogP) is 1.34. The second kappa shape index (κ2) is 4.38. The van der Waals surface area contributed by atoms with Crippen LogP contribution in [0.1, 0.15) is 5.56 Å². The Morgan fingerprint density at radius 2 is 2.12 bits per heavy atom. The zero-order valence-corrected chi connectivity index (χ0v) is 10.9. The molecule has 4 nitrogen and oxygen atoms in total. The number of nitrogens with one attached hydrogen (secondary N) is 2. The largest absolute Gasteiger partial charge is 0.507 e. The number of phenolic OH excluding ortho intramolecular Hbond substituents is 1. The Morgan fingerprint density at radius 3 is 2.75 bits per heavy atom. The van der Waals surface area contributed by atoms with E-state index < -0.39 is 0 Å². The molecule has 3 N–H and O–H groups in total. The summed E-state index contributed by atoms with van der Waals surface area (Å²) in [6, 6.07) is 5.14. The highest BCUT2D eigenvalue weighted by Gasteiger charge is 2.20. The van der Waals surface area contributed by atoms with Gasteiger partial charge in [-0.25, -0.2) is 0 Å². The van der Waals surface area contributed by atoms with Crippen LogP contribution in [-0.2, 0) is 4.79 Å². The van der Waals surface area contributed by atoms with Crippen molar-refractivity contribution in [3.05, 3.63) is 33.0 Å². The molecule has 16 heavy (non-hydrogen) atoms. The molecule has 0 unspecified atom stereocenters. The van der Waals surface area contributed by atoms with E-state index in [0.29, 0.717) is 11.3 Å². The third-order valence-electron chi connectivity index (χ3n) is 2.01. The zero-order valence-electron chi connectivity index (χ0n) is 7.95. The summed E-state index contributed by atoms with van der Waals surface area (Å²) < 4.78 is 0.975. The summed E-state index contributed by atoms with van der Waals surface area (Å²) in [5.41, 5.74) is 0.913. The van der Waals surface area contributed by atoms with Crippen molar-refractivity contribution in [3.63, 3.8) is 0 Å². The molecule has 0 aromatic heterocycles. The first kappa shape index (κ1) is 11.3. The molecule has 1 aliphatic heterocycles. The fourth-order valence-electron chi connectivity index (χ4n) is 1.28. The third kappa shape index (κ3) is 2.33. The number of amides is 1. The van der Waals surface area contributed by atoms with Gasteiger partial charge >= 0.3 is 0 Å². The van der Waals surface area contributed by atoms with Gasteiger partial charge in [0.05, 0.1) is 0 Å². The summed E-state index contributed by atoms with van der Waals surface area (Å²) in [6.07, 6.45) is 1.56. The van der Waals surface area contributed by atoms with Crippen LogP contribution in [-0.4, -0.2) is 16.1 Å². The van der Waals surface area contributed by atoms with E-state index in [2.05, 4.69) is 33.2 Å². The van der Waals surface area contributed by atoms with Crippen molar-refractivity contribution in [2.45, 2.75) is 0 Å². The molecule has 0 saturated carbocycles. The Labute approximate surface area is 111 Å². The van der Waals surface area contributed by atoms with Gasteiger partial charge in [0.1, 0.15) is 11.4 Å². The predicted molar refractivity (Wildman–Crippen MR) is 72.7 cm³/mol. The molecule has 1 heterocycles. The van der Waals surface area contributed by atoms with Crippen LogP contribution in [0.5, 0.6) is 5.75 Å². The van der Waals surface area contributed by atoms with Crippen LogP contribution in [0.2, 0.25) is 0 Å². The normalized spacial score (nSPS) is 17.4. The fraction of sp³-hybridized carbons (Fsp3) is 0. The van der Waals surface area contributed by atoms with E-state index in [4.69, 9.17) is 12.2 Å². The van der Waals surface area contributed by atoms with Gasteiger partial charge in [0.15, 0.2) is 5.11 Å². The zero-order chi connectivity index (χ0) is 11.7. The average molecular weight is 346 g/mol. The lowest BCUT2D eigenvalue weighted by Crippen LogP contribution is -2.21. The number of phenols is 1. The van der Waals surface area contributed by atoms with Gasteiger partial charge in [0.2, 0.25) is 0 Å². The first-order valence-electron chi connectivity index (χ1n) is 4.39. The summed E-state index contributed by atoms with van der Waals surface area (Å²) in [7, 11) is 0. The lowest BCUT2D eigenvalue weighted by atomic mass is 10.1. The molecule has 1 aliphatic rings. The highest BCUT2D eigenvalue weighted by atomic mass is 127. The molecule has 1 aromatic rings. The number of halogens is 1. The topological polar surface area (TPSA) is 61.4 Å². The van der Waals surface area contributed by atoms with Crippen molar-refractivity contribution in [1.29, 1.82) is 0 Å². The molecule has 0 spiro atoms. The average Bonchev–Trinajstić information content (AvgIpc) is 2.51. The summed E-state index contributed by atoms with van der Waals surface area (Å²) >= 11 is 6.93. The molecule has 2 rings (SSSR count). The molecule has 1 fully saturated rings. The summed E-state index contributed by atoms with van der Waals surface area (Å²) in [6.45, 7) is 0. The minimum Gasteiger partial charge on any atom is -0.507 e. The number of rotatable bonds is 1. The molecule has 1 aromatic carbocycles. The van der Waals surface area contributed by atoms with Crippen molar-refractivity contribution in [3.8, 4) is 5.75 Å². The molecular formula is C10H7IN2O2S. The summed E-state index contributed by atoms with van der Waals surface area (Å²) in [5, 5.41) is 15.1. The lowest BCUT2D eigenvalue weighted by molar-refractivity contribution is -0.115. The SMILES string of the molecule is O=C1NC(=S)N/C1=C/c1cc(I)ccc1O. The van der Waals surface area contributed by atoms with Gasteiger partial charge in [0.25, 0.3) is 5.91 Å². The Balaban J connectivity index is 2.39. The summed E-state index contributed by atoms with van der Waals surface area (Å²) in [5.74, 6) is -0.163. The maximum absolute atomic E-state index is 11.4. The minimum absolute atomic E-state index is 0.125. The van der Waals surface area contributed by atoms with Crippen molar-refractivity contribution >= 4 is 51.9 Å². The van der Waals surface area contributed by atoms with Crippen LogP contribution in [0, 0.1) is 3.57 Å². The van der Waals surface area contributed by atoms with Gasteiger partial charge in [-0.1, -0.05) is 0 Å². The maximum atomic E-state index is 11.4. The molecule has 82 valence electrons. The van der Waals surface area contributed by atoms with E-state index in [0.717, 1.165) is 3.57 Å². The second-order valence-corrected chi connectivity index (χ2v) is 4.82. The number of carbonyl (C=O) groups is 1. The number of carbonyl (C=O) groups excluding carboxylic acids is 1. The van der Waals surface area contributed by atoms with E-state index in [-0.39, 0.29) is 16.8 Å². The van der Waals surface area contributed by atoms with Gasteiger partial charge < -0.3 is 10.4 Å². The van der Waals surface area contributed by atoms with Crippen LogP contribution in [0.25, 0.3) is 6.08 Å². The molecule has 0 aliphatic carbocycles. The molecular weight excluding hydrogens is 339 g/mol. The van der Waals surface area contributed by atoms with Gasteiger partial charge in [-0.2, -0.15) is 0 Å². The van der Waals surface area contributed by atoms with Crippen molar-refractivity contribution < 1.29 is 9.90 Å². The number of hydrogen-bond donors (Lipinski definition) is 3. The van der Waals surface area contributed by atoms with Crippen molar-refractivity contribution in [2.75, 3.05) is 0 Å². The van der Waals surface area contributed by atoms with E-state index in [1.54, 1.807) is 24.3 Å². The Bertz CT molecular complexity index is 514. The third-order valence-corrected chi connectivity index (χ3v) is 2.88. The number of benzene rings is 1. The van der Waals surface area contributed by atoms with Gasteiger partial charge in [0, 0.05) is 9.13 Å². The molecule has 0 bridgehead atoms. The number of thiocarbonyl (C=S) groups is 1. The minimum atomic E-state index is -0.289. The first-order chi connectivity index (χ1) is 7.56.